The second-order valence-electron chi connectivity index (χ2n) is 12.5. The topological polar surface area (TPSA) is 129 Å². The van der Waals surface area contributed by atoms with Crippen molar-refractivity contribution in [3.05, 3.63) is 30.0 Å². The molecule has 0 radical (unpaired) electrons. The fourth-order valence-corrected chi connectivity index (χ4v) is 6.14. The molecule has 1 saturated heterocycles. The predicted octanol–water partition coefficient (Wildman–Crippen LogP) is 4.47. The highest BCUT2D eigenvalue weighted by atomic mass is 16.6. The molecule has 12 heteroatoms. The summed E-state index contributed by atoms with van der Waals surface area (Å²) >= 11 is 0. The highest BCUT2D eigenvalue weighted by Crippen LogP contribution is 2.40. The average Bonchev–Trinajstić information content (AvgIpc) is 3.67. The van der Waals surface area contributed by atoms with E-state index in [-0.39, 0.29) is 36.0 Å². The van der Waals surface area contributed by atoms with E-state index in [4.69, 9.17) is 14.5 Å². The van der Waals surface area contributed by atoms with E-state index in [0.29, 0.717) is 54.6 Å². The van der Waals surface area contributed by atoms with E-state index in [9.17, 15) is 14.4 Å². The van der Waals surface area contributed by atoms with Gasteiger partial charge in [0.2, 0.25) is 11.9 Å². The van der Waals surface area contributed by atoms with Crippen LogP contribution in [0.5, 0.6) is 5.75 Å². The predicted molar refractivity (Wildman–Crippen MR) is 164 cm³/mol. The van der Waals surface area contributed by atoms with E-state index >= 15 is 0 Å². The molecule has 0 spiro atoms. The Kier molecular flexibility index (Phi) is 8.66. The number of methoxy groups -OCH3 is 1. The lowest BCUT2D eigenvalue weighted by Gasteiger charge is -2.43. The van der Waals surface area contributed by atoms with Crippen LogP contribution in [0.4, 0.5) is 27.9 Å². The molecule has 1 aromatic carbocycles. The SMILES string of the molecule is CC[C@@H]1C(=O)N(C)c2cnc(Nc3ccc(C(=O)NC4CCN(C(=O)OC(C)(C)C)C4)cc3OC)nc2N1C1CCCC1. The van der Waals surface area contributed by atoms with E-state index in [1.54, 1.807) is 48.4 Å². The lowest BCUT2D eigenvalue weighted by Crippen LogP contribution is -2.55. The normalized spacial score (nSPS) is 20.7. The van der Waals surface area contributed by atoms with Gasteiger partial charge in [-0.15, -0.1) is 0 Å². The number of aromatic nitrogens is 2. The van der Waals surface area contributed by atoms with Gasteiger partial charge in [0.05, 0.1) is 19.0 Å². The molecule has 1 unspecified atom stereocenters. The molecule has 2 fully saturated rings. The number of carbonyl (C=O) groups is 3. The molecule has 3 amide bonds. The van der Waals surface area contributed by atoms with Gasteiger partial charge in [0.15, 0.2) is 5.82 Å². The number of benzene rings is 1. The molecule has 12 nitrogen and oxygen atoms in total. The fraction of sp³-hybridized carbons (Fsp3) is 0.581. The van der Waals surface area contributed by atoms with Crippen molar-refractivity contribution in [2.45, 2.75) is 89.9 Å². The van der Waals surface area contributed by atoms with Gasteiger partial charge < -0.3 is 34.8 Å². The summed E-state index contributed by atoms with van der Waals surface area (Å²) < 4.78 is 11.1. The van der Waals surface area contributed by atoms with Crippen molar-refractivity contribution in [2.24, 2.45) is 0 Å². The number of nitrogens with zero attached hydrogens (tertiary/aromatic N) is 5. The van der Waals surface area contributed by atoms with Gasteiger partial charge in [-0.25, -0.2) is 9.78 Å². The van der Waals surface area contributed by atoms with Crippen LogP contribution in [0.1, 0.15) is 76.6 Å². The summed E-state index contributed by atoms with van der Waals surface area (Å²) in [7, 11) is 3.32. The quantitative estimate of drug-likeness (QED) is 0.478. The van der Waals surface area contributed by atoms with Crippen molar-refractivity contribution in [1.82, 2.24) is 20.2 Å². The summed E-state index contributed by atoms with van der Waals surface area (Å²) in [5.74, 6) is 1.41. The van der Waals surface area contributed by atoms with Crippen molar-refractivity contribution in [1.29, 1.82) is 0 Å². The zero-order valence-corrected chi connectivity index (χ0v) is 26.0. The van der Waals surface area contributed by atoms with Gasteiger partial charge in [-0.1, -0.05) is 19.8 Å². The summed E-state index contributed by atoms with van der Waals surface area (Å²) in [6.07, 6.45) is 7.03. The summed E-state index contributed by atoms with van der Waals surface area (Å²) in [5, 5.41) is 6.27. The molecule has 2 aliphatic heterocycles. The maximum atomic E-state index is 13.2. The maximum Gasteiger partial charge on any atom is 0.410 e. The van der Waals surface area contributed by atoms with Crippen LogP contribution < -0.4 is 25.2 Å². The first-order chi connectivity index (χ1) is 20.5. The van der Waals surface area contributed by atoms with Crippen LogP contribution in [-0.4, -0.2) is 83.7 Å². The number of ether oxygens (including phenoxy) is 2. The van der Waals surface area contributed by atoms with Crippen molar-refractivity contribution < 1.29 is 23.9 Å². The molecule has 3 aliphatic rings. The molecule has 3 heterocycles. The number of likely N-dealkylation sites (N-methyl/N-ethyl adjacent to an activating group) is 1. The van der Waals surface area contributed by atoms with Crippen molar-refractivity contribution in [2.75, 3.05) is 42.4 Å². The van der Waals surface area contributed by atoms with Crippen LogP contribution in [-0.2, 0) is 9.53 Å². The molecule has 2 aromatic rings. The van der Waals surface area contributed by atoms with E-state index in [1.165, 1.54) is 0 Å². The smallest absolute Gasteiger partial charge is 0.410 e. The Morgan fingerprint density at radius 3 is 2.56 bits per heavy atom. The zero-order chi connectivity index (χ0) is 30.9. The Morgan fingerprint density at radius 1 is 1.14 bits per heavy atom. The number of hydrogen-bond acceptors (Lipinski definition) is 9. The largest absolute Gasteiger partial charge is 0.495 e. The number of anilines is 4. The zero-order valence-electron chi connectivity index (χ0n) is 26.0. The van der Waals surface area contributed by atoms with Gasteiger partial charge in [0.25, 0.3) is 5.91 Å². The van der Waals surface area contributed by atoms with Gasteiger partial charge >= 0.3 is 6.09 Å². The third kappa shape index (κ3) is 6.47. The summed E-state index contributed by atoms with van der Waals surface area (Å²) in [4.78, 5) is 53.6. The second-order valence-corrected chi connectivity index (χ2v) is 12.5. The lowest BCUT2D eigenvalue weighted by molar-refractivity contribution is -0.120. The van der Waals surface area contributed by atoms with Crippen LogP contribution in [0.2, 0.25) is 0 Å². The number of hydrogen-bond donors (Lipinski definition) is 2. The van der Waals surface area contributed by atoms with Crippen LogP contribution in [0, 0.1) is 0 Å². The Morgan fingerprint density at radius 2 is 1.88 bits per heavy atom. The number of nitrogens with one attached hydrogen (secondary N) is 2. The molecule has 232 valence electrons. The number of likely N-dealkylation sites (tertiary alicyclic amines) is 1. The van der Waals surface area contributed by atoms with Crippen LogP contribution >= 0.6 is 0 Å². The van der Waals surface area contributed by atoms with Crippen LogP contribution in [0.15, 0.2) is 24.4 Å². The van der Waals surface area contributed by atoms with E-state index in [2.05, 4.69) is 20.5 Å². The lowest BCUT2D eigenvalue weighted by atomic mass is 10.0. The highest BCUT2D eigenvalue weighted by molar-refractivity contribution is 6.04. The monoisotopic (exact) mass is 593 g/mol. The first-order valence-electron chi connectivity index (χ1n) is 15.2. The fourth-order valence-electron chi connectivity index (χ4n) is 6.14. The minimum absolute atomic E-state index is 0.0666. The summed E-state index contributed by atoms with van der Waals surface area (Å²) in [6, 6.07) is 4.98. The van der Waals surface area contributed by atoms with Crippen LogP contribution in [0.25, 0.3) is 0 Å². The van der Waals surface area contributed by atoms with Crippen molar-refractivity contribution >= 4 is 41.0 Å². The van der Waals surface area contributed by atoms with Gasteiger partial charge in [0.1, 0.15) is 23.1 Å². The second kappa shape index (κ2) is 12.3. The molecule has 5 rings (SSSR count). The van der Waals surface area contributed by atoms with E-state index in [1.807, 2.05) is 27.7 Å². The first kappa shape index (κ1) is 30.4. The van der Waals surface area contributed by atoms with Gasteiger partial charge in [0, 0.05) is 37.8 Å². The third-order valence-electron chi connectivity index (χ3n) is 8.30. The number of carbonyl (C=O) groups excluding carboxylic acids is 3. The molecule has 0 bridgehead atoms. The summed E-state index contributed by atoms with van der Waals surface area (Å²) in [6.45, 7) is 8.45. The molecular weight excluding hydrogens is 550 g/mol. The number of fused-ring (bicyclic) bond motifs is 1. The Bertz CT molecular complexity index is 1370. The molecule has 2 atom stereocenters. The Labute approximate surface area is 253 Å². The van der Waals surface area contributed by atoms with E-state index < -0.39 is 5.60 Å². The molecule has 1 aliphatic carbocycles. The first-order valence-corrected chi connectivity index (χ1v) is 15.2. The average molecular weight is 594 g/mol. The number of amides is 3. The third-order valence-corrected chi connectivity index (χ3v) is 8.30. The Balaban J connectivity index is 1.30. The Hall–Kier alpha value is -4.09. The van der Waals surface area contributed by atoms with Crippen molar-refractivity contribution in [3.63, 3.8) is 0 Å². The van der Waals surface area contributed by atoms with Crippen LogP contribution in [0.3, 0.4) is 0 Å². The summed E-state index contributed by atoms with van der Waals surface area (Å²) in [5.41, 5.74) is 1.17. The maximum absolute atomic E-state index is 13.2. The van der Waals surface area contributed by atoms with Crippen molar-refractivity contribution in [3.8, 4) is 5.75 Å². The highest BCUT2D eigenvalue weighted by Gasteiger charge is 2.41. The molecule has 43 heavy (non-hydrogen) atoms. The molecule has 1 saturated carbocycles. The molecule has 1 aromatic heterocycles. The van der Waals surface area contributed by atoms with E-state index in [0.717, 1.165) is 31.5 Å². The molecule has 2 N–H and O–H groups in total. The van der Waals surface area contributed by atoms with Gasteiger partial charge in [-0.3, -0.25) is 9.59 Å². The van der Waals surface area contributed by atoms with Gasteiger partial charge in [-0.05, 0) is 64.7 Å². The van der Waals surface area contributed by atoms with Gasteiger partial charge in [-0.2, -0.15) is 4.98 Å². The number of rotatable bonds is 7. The minimum atomic E-state index is -0.572. The molecular formula is C31H43N7O5. The standard InChI is InChI=1S/C31H43N7O5/c1-7-23-28(40)36(5)24-17-32-29(35-26(24)38(23)21-10-8-9-11-21)34-22-13-12-19(16-25(22)42-6)27(39)33-20-14-15-37(18-20)30(41)43-31(2,3)4/h12-13,16-17,20-21,23H,7-11,14-15,18H2,1-6H3,(H,33,39)(H,32,34,35)/t20?,23-/m1/s1. The minimum Gasteiger partial charge on any atom is -0.495 e.